The maximum atomic E-state index is 4.73. The third-order valence-electron chi connectivity index (χ3n) is 6.51. The summed E-state index contributed by atoms with van der Waals surface area (Å²) in [6.45, 7) is 6.17. The molecule has 164 valence electrons. The lowest BCUT2D eigenvalue weighted by Gasteiger charge is -2.07. The molecule has 2 aromatic carbocycles. The summed E-state index contributed by atoms with van der Waals surface area (Å²) in [5.41, 5.74) is 7.23. The van der Waals surface area contributed by atoms with E-state index in [1.807, 2.05) is 18.3 Å². The number of hydrogen-bond donors (Lipinski definition) is 4. The van der Waals surface area contributed by atoms with Gasteiger partial charge in [0.15, 0.2) is 0 Å². The number of aromatic amines is 2. The van der Waals surface area contributed by atoms with Gasteiger partial charge in [-0.1, -0.05) is 36.1 Å². The second-order valence-corrected chi connectivity index (χ2v) is 8.81. The van der Waals surface area contributed by atoms with E-state index >= 15 is 0 Å². The monoisotopic (exact) mass is 434 g/mol. The standard InChI is InChI=1S/C27H26N6/c1-17-12-14-29-25(17)27-31-21-11-8-19(15-23(21)32-27)5-4-18-6-9-20(10-7-18)24-16-30-26(33-24)22-3-2-13-28-22/h6-11,15-16,22,25,28-29H,1-3,12-14H2,(H,30,33)(H,31,32)/t22-,25-/m0/s1. The van der Waals surface area contributed by atoms with Gasteiger partial charge in [-0.25, -0.2) is 9.97 Å². The first kappa shape index (κ1) is 20.0. The molecule has 6 rings (SSSR count). The number of H-pyrrole nitrogens is 2. The summed E-state index contributed by atoms with van der Waals surface area (Å²) >= 11 is 0. The van der Waals surface area contributed by atoms with Crippen molar-refractivity contribution in [2.45, 2.75) is 31.3 Å². The Bertz CT molecular complexity index is 1380. The fraction of sp³-hybridized carbons (Fsp3) is 0.259. The van der Waals surface area contributed by atoms with Crippen LogP contribution in [-0.4, -0.2) is 33.0 Å². The minimum Gasteiger partial charge on any atom is -0.341 e. The normalized spacial score (nSPS) is 20.3. The average Bonchev–Trinajstić information content (AvgIpc) is 3.64. The number of rotatable bonds is 3. The van der Waals surface area contributed by atoms with Gasteiger partial charge >= 0.3 is 0 Å². The highest BCUT2D eigenvalue weighted by Gasteiger charge is 2.23. The van der Waals surface area contributed by atoms with Gasteiger partial charge in [0.1, 0.15) is 11.6 Å². The Morgan fingerprint density at radius 3 is 2.55 bits per heavy atom. The van der Waals surface area contributed by atoms with Crippen LogP contribution in [0, 0.1) is 11.8 Å². The van der Waals surface area contributed by atoms with Crippen molar-refractivity contribution in [2.24, 2.45) is 0 Å². The molecule has 6 heteroatoms. The van der Waals surface area contributed by atoms with Crippen LogP contribution in [0.2, 0.25) is 0 Å². The van der Waals surface area contributed by atoms with Gasteiger partial charge in [-0.2, -0.15) is 0 Å². The molecule has 2 aromatic heterocycles. The predicted molar refractivity (Wildman–Crippen MR) is 131 cm³/mol. The predicted octanol–water partition coefficient (Wildman–Crippen LogP) is 4.37. The molecule has 4 aromatic rings. The minimum atomic E-state index is 0.117. The topological polar surface area (TPSA) is 81.4 Å². The lowest BCUT2D eigenvalue weighted by atomic mass is 10.1. The molecule has 0 spiro atoms. The van der Waals surface area contributed by atoms with Gasteiger partial charge in [-0.3, -0.25) is 0 Å². The molecule has 0 amide bonds. The zero-order chi connectivity index (χ0) is 22.2. The van der Waals surface area contributed by atoms with Crippen molar-refractivity contribution < 1.29 is 0 Å². The Labute approximate surface area is 192 Å². The van der Waals surface area contributed by atoms with E-state index in [0.29, 0.717) is 6.04 Å². The molecule has 2 atom stereocenters. The van der Waals surface area contributed by atoms with Crippen LogP contribution in [0.25, 0.3) is 22.3 Å². The van der Waals surface area contributed by atoms with Gasteiger partial charge in [-0.05, 0) is 68.2 Å². The van der Waals surface area contributed by atoms with Crippen molar-refractivity contribution >= 4 is 11.0 Å². The van der Waals surface area contributed by atoms with Crippen LogP contribution in [0.4, 0.5) is 0 Å². The third kappa shape index (κ3) is 3.97. The molecule has 0 radical (unpaired) electrons. The van der Waals surface area contributed by atoms with E-state index in [-0.39, 0.29) is 6.04 Å². The van der Waals surface area contributed by atoms with E-state index < -0.39 is 0 Å². The first-order chi connectivity index (χ1) is 16.2. The van der Waals surface area contributed by atoms with Crippen LogP contribution in [0.3, 0.4) is 0 Å². The van der Waals surface area contributed by atoms with Crippen LogP contribution < -0.4 is 10.6 Å². The molecule has 2 aliphatic rings. The summed E-state index contributed by atoms with van der Waals surface area (Å²) in [4.78, 5) is 16.2. The Kier molecular flexibility index (Phi) is 5.06. The van der Waals surface area contributed by atoms with Crippen molar-refractivity contribution in [1.29, 1.82) is 0 Å². The van der Waals surface area contributed by atoms with Crippen molar-refractivity contribution in [3.8, 4) is 23.1 Å². The number of hydrogen-bond acceptors (Lipinski definition) is 4. The first-order valence-electron chi connectivity index (χ1n) is 11.5. The maximum Gasteiger partial charge on any atom is 0.128 e. The molecular weight excluding hydrogens is 408 g/mol. The molecule has 0 bridgehead atoms. The molecule has 4 N–H and O–H groups in total. The Hall–Kier alpha value is -3.66. The molecule has 2 fully saturated rings. The summed E-state index contributed by atoms with van der Waals surface area (Å²) in [5.74, 6) is 8.51. The zero-order valence-electron chi connectivity index (χ0n) is 18.4. The third-order valence-corrected chi connectivity index (χ3v) is 6.51. The van der Waals surface area contributed by atoms with Crippen LogP contribution in [0.5, 0.6) is 0 Å². The number of nitrogens with zero attached hydrogens (tertiary/aromatic N) is 2. The van der Waals surface area contributed by atoms with Crippen molar-refractivity contribution in [3.63, 3.8) is 0 Å². The number of benzene rings is 2. The average molecular weight is 435 g/mol. The summed E-state index contributed by atoms with van der Waals surface area (Å²) in [6, 6.07) is 14.9. The van der Waals surface area contributed by atoms with Crippen LogP contribution in [-0.2, 0) is 0 Å². The number of aromatic nitrogens is 4. The fourth-order valence-corrected chi connectivity index (χ4v) is 4.66. The molecule has 33 heavy (non-hydrogen) atoms. The first-order valence-corrected chi connectivity index (χ1v) is 11.5. The second-order valence-electron chi connectivity index (χ2n) is 8.81. The van der Waals surface area contributed by atoms with Gasteiger partial charge in [0.05, 0.1) is 35.0 Å². The van der Waals surface area contributed by atoms with Crippen LogP contribution >= 0.6 is 0 Å². The van der Waals surface area contributed by atoms with Gasteiger partial charge in [-0.15, -0.1) is 0 Å². The number of fused-ring (bicyclic) bond motifs is 1. The highest BCUT2D eigenvalue weighted by molar-refractivity contribution is 5.77. The van der Waals surface area contributed by atoms with E-state index in [1.165, 1.54) is 12.0 Å². The summed E-state index contributed by atoms with van der Waals surface area (Å²) in [6.07, 6.45) is 5.26. The highest BCUT2D eigenvalue weighted by Crippen LogP contribution is 2.27. The van der Waals surface area contributed by atoms with Crippen LogP contribution in [0.15, 0.2) is 60.8 Å². The summed E-state index contributed by atoms with van der Waals surface area (Å²) in [7, 11) is 0. The van der Waals surface area contributed by atoms with Gasteiger partial charge in [0, 0.05) is 11.1 Å². The lowest BCUT2D eigenvalue weighted by molar-refractivity contribution is 0.613. The van der Waals surface area contributed by atoms with Gasteiger partial charge in [0.2, 0.25) is 0 Å². The van der Waals surface area contributed by atoms with E-state index in [2.05, 4.69) is 74.3 Å². The summed E-state index contributed by atoms with van der Waals surface area (Å²) in [5, 5.41) is 6.93. The molecule has 0 saturated carbocycles. The quantitative estimate of drug-likeness (QED) is 0.285. The molecule has 2 saturated heterocycles. The minimum absolute atomic E-state index is 0.117. The maximum absolute atomic E-state index is 4.73. The van der Waals surface area contributed by atoms with Crippen molar-refractivity contribution in [3.05, 3.63) is 83.6 Å². The molecule has 0 aliphatic carbocycles. The molecule has 6 nitrogen and oxygen atoms in total. The molecule has 0 unspecified atom stereocenters. The molecule has 4 heterocycles. The number of imidazole rings is 2. The number of nitrogens with one attached hydrogen (secondary N) is 4. The van der Waals surface area contributed by atoms with E-state index in [9.17, 15) is 0 Å². The highest BCUT2D eigenvalue weighted by atomic mass is 15.0. The van der Waals surface area contributed by atoms with Crippen molar-refractivity contribution in [1.82, 2.24) is 30.6 Å². The largest absolute Gasteiger partial charge is 0.341 e. The Morgan fingerprint density at radius 2 is 1.76 bits per heavy atom. The SMILES string of the molecule is C=C1CCN[C@@H]1c1nc2ccc(C#Cc3ccc(-c4cnc([C@@H]5CCCN5)[nH]4)cc3)cc2[nH]1. The fourth-order valence-electron chi connectivity index (χ4n) is 4.66. The lowest BCUT2D eigenvalue weighted by Crippen LogP contribution is -2.14. The Morgan fingerprint density at radius 1 is 0.909 bits per heavy atom. The molecule has 2 aliphatic heterocycles. The molecular formula is C27H26N6. The zero-order valence-corrected chi connectivity index (χ0v) is 18.4. The smallest absolute Gasteiger partial charge is 0.128 e. The Balaban J connectivity index is 1.19. The van der Waals surface area contributed by atoms with Gasteiger partial charge in [0.25, 0.3) is 0 Å². The van der Waals surface area contributed by atoms with E-state index in [1.54, 1.807) is 0 Å². The summed E-state index contributed by atoms with van der Waals surface area (Å²) < 4.78 is 0. The van der Waals surface area contributed by atoms with E-state index in [4.69, 9.17) is 4.98 Å². The van der Waals surface area contributed by atoms with Gasteiger partial charge < -0.3 is 20.6 Å². The second kappa shape index (κ2) is 8.36. The van der Waals surface area contributed by atoms with Crippen molar-refractivity contribution in [2.75, 3.05) is 13.1 Å². The van der Waals surface area contributed by atoms with Crippen LogP contribution in [0.1, 0.15) is 54.1 Å². The van der Waals surface area contributed by atoms with E-state index in [0.717, 1.165) is 71.0 Å².